The fourth-order valence-corrected chi connectivity index (χ4v) is 6.20. The molecule has 2 fully saturated rings. The highest BCUT2D eigenvalue weighted by molar-refractivity contribution is 6.30. The maximum Gasteiger partial charge on any atom is 0.225 e. The van der Waals surface area contributed by atoms with E-state index in [4.69, 9.17) is 16.3 Å². The van der Waals surface area contributed by atoms with Crippen LogP contribution in [0, 0.1) is 30.5 Å². The molecule has 1 N–H and O–H groups in total. The Kier molecular flexibility index (Phi) is 7.04. The number of benzene rings is 1. The molecule has 0 spiro atoms. The number of aromatic nitrogens is 4. The van der Waals surface area contributed by atoms with Crippen molar-refractivity contribution in [2.75, 3.05) is 31.1 Å². The van der Waals surface area contributed by atoms with Gasteiger partial charge in [-0.3, -0.25) is 4.90 Å². The Hall–Kier alpha value is -2.71. The molecule has 1 saturated heterocycles. The first-order valence-electron chi connectivity index (χ1n) is 13.4. The van der Waals surface area contributed by atoms with Crippen LogP contribution in [0.15, 0.2) is 30.6 Å². The Bertz CT molecular complexity index is 1200. The average molecular weight is 525 g/mol. The molecule has 2 aliphatic heterocycles. The monoisotopic (exact) mass is 524 g/mol. The number of aryl methyl sites for hydroxylation is 1. The number of anilines is 1. The molecule has 3 aromatic rings. The molecule has 2 unspecified atom stereocenters. The zero-order chi connectivity index (χ0) is 25.4. The number of hydrogen-bond donors (Lipinski definition) is 1. The second kappa shape index (κ2) is 10.6. The van der Waals surface area contributed by atoms with Crippen molar-refractivity contribution in [2.45, 2.75) is 52.1 Å². The van der Waals surface area contributed by atoms with Gasteiger partial charge >= 0.3 is 0 Å². The van der Waals surface area contributed by atoms with Gasteiger partial charge in [0, 0.05) is 38.8 Å². The van der Waals surface area contributed by atoms with Crippen LogP contribution in [0.5, 0.6) is 5.75 Å². The number of H-pyrrole nitrogens is 1. The lowest BCUT2D eigenvalue weighted by Crippen LogP contribution is -2.35. The van der Waals surface area contributed by atoms with Gasteiger partial charge in [0.25, 0.3) is 0 Å². The summed E-state index contributed by atoms with van der Waals surface area (Å²) in [4.78, 5) is 21.1. The number of aromatic amines is 1. The largest absolute Gasteiger partial charge is 0.493 e. The number of fused-ring (bicyclic) bond motifs is 1. The van der Waals surface area contributed by atoms with E-state index in [1.165, 1.54) is 25.0 Å². The molecule has 37 heavy (non-hydrogen) atoms. The molecule has 9 heteroatoms. The van der Waals surface area contributed by atoms with Crippen LogP contribution in [0.25, 0.3) is 0 Å². The van der Waals surface area contributed by atoms with E-state index in [0.717, 1.165) is 79.9 Å². The lowest BCUT2D eigenvalue weighted by molar-refractivity contribution is 0.279. The third kappa shape index (κ3) is 5.75. The number of piperidine rings is 1. The van der Waals surface area contributed by atoms with Gasteiger partial charge in [0.05, 0.1) is 35.4 Å². The predicted octanol–water partition coefficient (Wildman–Crippen LogP) is 5.18. The van der Waals surface area contributed by atoms with Crippen molar-refractivity contribution in [2.24, 2.45) is 17.8 Å². The summed E-state index contributed by atoms with van der Waals surface area (Å²) in [5.74, 6) is 4.49. The number of ether oxygens (including phenoxy) is 1. The molecule has 1 aliphatic carbocycles. The highest BCUT2D eigenvalue weighted by Gasteiger charge is 2.43. The van der Waals surface area contributed by atoms with E-state index < -0.39 is 0 Å². The molecule has 2 atom stereocenters. The van der Waals surface area contributed by atoms with E-state index in [-0.39, 0.29) is 5.82 Å². The quantitative estimate of drug-likeness (QED) is 0.416. The van der Waals surface area contributed by atoms with Crippen molar-refractivity contribution in [1.82, 2.24) is 24.8 Å². The predicted molar refractivity (Wildman–Crippen MR) is 141 cm³/mol. The van der Waals surface area contributed by atoms with Gasteiger partial charge in [-0.25, -0.2) is 19.3 Å². The van der Waals surface area contributed by atoms with Gasteiger partial charge in [0.15, 0.2) is 0 Å². The summed E-state index contributed by atoms with van der Waals surface area (Å²) in [7, 11) is 0. The molecule has 3 aliphatic rings. The van der Waals surface area contributed by atoms with Gasteiger partial charge in [-0.15, -0.1) is 0 Å². The molecule has 2 aromatic heterocycles. The highest BCUT2D eigenvalue weighted by atomic mass is 35.5. The summed E-state index contributed by atoms with van der Waals surface area (Å²) in [5, 5.41) is 0.571. The summed E-state index contributed by atoms with van der Waals surface area (Å²) < 4.78 is 20.7. The zero-order valence-electron chi connectivity index (χ0n) is 21.3. The zero-order valence-corrected chi connectivity index (χ0v) is 22.1. The number of halogens is 2. The molecule has 0 amide bonds. The van der Waals surface area contributed by atoms with Crippen molar-refractivity contribution in [3.63, 3.8) is 0 Å². The van der Waals surface area contributed by atoms with Crippen LogP contribution in [0.1, 0.15) is 48.5 Å². The fraction of sp³-hybridized carbons (Fsp3) is 0.536. The Morgan fingerprint density at radius 3 is 2.73 bits per heavy atom. The minimum absolute atomic E-state index is 0.176. The van der Waals surface area contributed by atoms with Crippen molar-refractivity contribution >= 4 is 17.5 Å². The fourth-order valence-electron chi connectivity index (χ4n) is 6.10. The first kappa shape index (κ1) is 24.6. The third-order valence-corrected chi connectivity index (χ3v) is 8.42. The summed E-state index contributed by atoms with van der Waals surface area (Å²) in [6.07, 6.45) is 8.70. The van der Waals surface area contributed by atoms with Crippen LogP contribution in [0.2, 0.25) is 5.02 Å². The standard InChI is InChI=1S/C28H34ClFN6O/c1-18-33-26-16-35(17-27(26)34-18)8-4-20-2-3-23(13-25(20)30)37-11-7-21-12-24(21)19-5-9-36(10-6-19)28-31-14-22(29)15-32-28/h2-3,13-15,19,21,24H,4-12,16-17H2,1H3,(H,33,34). The van der Waals surface area contributed by atoms with E-state index in [2.05, 4.69) is 29.7 Å². The lowest BCUT2D eigenvalue weighted by atomic mass is 9.90. The van der Waals surface area contributed by atoms with Crippen LogP contribution < -0.4 is 9.64 Å². The Morgan fingerprint density at radius 2 is 1.97 bits per heavy atom. The van der Waals surface area contributed by atoms with Gasteiger partial charge < -0.3 is 14.6 Å². The van der Waals surface area contributed by atoms with Crippen molar-refractivity contribution in [1.29, 1.82) is 0 Å². The van der Waals surface area contributed by atoms with Crippen LogP contribution >= 0.6 is 11.6 Å². The second-order valence-corrected chi connectivity index (χ2v) is 11.2. The minimum atomic E-state index is -0.176. The smallest absolute Gasteiger partial charge is 0.225 e. The molecular weight excluding hydrogens is 491 g/mol. The van der Waals surface area contributed by atoms with Crippen molar-refractivity contribution < 1.29 is 9.13 Å². The second-order valence-electron chi connectivity index (χ2n) is 10.8. The molecule has 0 bridgehead atoms. The lowest BCUT2D eigenvalue weighted by Gasteiger charge is -2.32. The first-order chi connectivity index (χ1) is 18.0. The normalized spacial score (nSPS) is 21.9. The highest BCUT2D eigenvalue weighted by Crippen LogP contribution is 2.49. The van der Waals surface area contributed by atoms with Crippen molar-refractivity contribution in [3.8, 4) is 5.75 Å². The van der Waals surface area contributed by atoms with E-state index in [1.807, 2.05) is 19.1 Å². The molecule has 196 valence electrons. The summed E-state index contributed by atoms with van der Waals surface area (Å²) in [6, 6.07) is 5.33. The van der Waals surface area contributed by atoms with E-state index in [1.54, 1.807) is 18.5 Å². The Labute approximate surface area is 222 Å². The van der Waals surface area contributed by atoms with E-state index >= 15 is 0 Å². The van der Waals surface area contributed by atoms with Crippen LogP contribution in [0.4, 0.5) is 10.3 Å². The number of hydrogen-bond acceptors (Lipinski definition) is 6. The van der Waals surface area contributed by atoms with E-state index in [0.29, 0.717) is 23.8 Å². The van der Waals surface area contributed by atoms with Gasteiger partial charge in [0.1, 0.15) is 17.4 Å². The number of rotatable bonds is 9. The summed E-state index contributed by atoms with van der Waals surface area (Å²) >= 11 is 5.91. The topological polar surface area (TPSA) is 70.2 Å². The number of nitrogens with one attached hydrogen (secondary N) is 1. The van der Waals surface area contributed by atoms with Gasteiger partial charge in [-0.2, -0.15) is 0 Å². The Morgan fingerprint density at radius 1 is 1.16 bits per heavy atom. The van der Waals surface area contributed by atoms with Gasteiger partial charge in [-0.1, -0.05) is 17.7 Å². The SMILES string of the molecule is Cc1nc2c([nH]1)CN(CCc1ccc(OCCC3CC3C3CCN(c4ncc(Cl)cn4)CC3)cc1F)C2. The van der Waals surface area contributed by atoms with E-state index in [9.17, 15) is 4.39 Å². The molecular formula is C28H34ClFN6O. The number of imidazole rings is 1. The third-order valence-electron chi connectivity index (χ3n) is 8.23. The molecule has 6 rings (SSSR count). The van der Waals surface area contributed by atoms with Crippen LogP contribution in [0.3, 0.4) is 0 Å². The molecule has 1 saturated carbocycles. The van der Waals surface area contributed by atoms with Crippen LogP contribution in [-0.2, 0) is 19.5 Å². The maximum atomic E-state index is 14.7. The van der Waals surface area contributed by atoms with Gasteiger partial charge in [-0.05, 0) is 68.4 Å². The molecule has 7 nitrogen and oxygen atoms in total. The van der Waals surface area contributed by atoms with Crippen molar-refractivity contribution in [3.05, 3.63) is 64.2 Å². The molecule has 4 heterocycles. The summed E-state index contributed by atoms with van der Waals surface area (Å²) in [5.41, 5.74) is 3.06. The van der Waals surface area contributed by atoms with Gasteiger partial charge in [0.2, 0.25) is 5.95 Å². The average Bonchev–Trinajstić information content (AvgIpc) is 3.44. The summed E-state index contributed by atoms with van der Waals surface area (Å²) in [6.45, 7) is 7.13. The minimum Gasteiger partial charge on any atom is -0.493 e. The molecule has 0 radical (unpaired) electrons. The first-order valence-corrected chi connectivity index (χ1v) is 13.8. The maximum absolute atomic E-state index is 14.7. The molecule has 1 aromatic carbocycles. The number of nitrogens with zero attached hydrogens (tertiary/aromatic N) is 5. The Balaban J connectivity index is 0.899. The van der Waals surface area contributed by atoms with Crippen LogP contribution in [-0.4, -0.2) is 51.1 Å².